The number of benzene rings is 1. The van der Waals surface area contributed by atoms with Gasteiger partial charge in [-0.05, 0) is 30.9 Å². The number of carbonyl (C=O) groups is 1. The van der Waals surface area contributed by atoms with Crippen molar-refractivity contribution in [3.63, 3.8) is 0 Å². The largest absolute Gasteiger partial charge is 0.396 e. The van der Waals surface area contributed by atoms with Crippen LogP contribution in [0.15, 0.2) is 12.1 Å². The number of nitrogens with two attached hydrogens (primary N) is 1. The van der Waals surface area contributed by atoms with Crippen LogP contribution in [0.5, 0.6) is 0 Å². The molecule has 3 nitrogen and oxygen atoms in total. The molecule has 0 aromatic heterocycles. The molecule has 0 aliphatic heterocycles. The van der Waals surface area contributed by atoms with Gasteiger partial charge in [-0.25, -0.2) is 8.78 Å². The summed E-state index contributed by atoms with van der Waals surface area (Å²) in [5.74, 6) is -0.394. The van der Waals surface area contributed by atoms with Crippen LogP contribution in [0.25, 0.3) is 0 Å². The second-order valence-corrected chi connectivity index (χ2v) is 5.61. The minimum atomic E-state index is -0.903. The molecule has 19 heavy (non-hydrogen) atoms. The van der Waals surface area contributed by atoms with Gasteiger partial charge < -0.3 is 11.1 Å². The predicted octanol–water partition coefficient (Wildman–Crippen LogP) is 2.81. The predicted molar refractivity (Wildman–Crippen MR) is 75.3 cm³/mol. The molecular formula is C13H18F2N2OS. The molecule has 0 bridgehead atoms. The van der Waals surface area contributed by atoms with Crippen molar-refractivity contribution in [1.82, 2.24) is 5.32 Å². The second-order valence-electron chi connectivity index (χ2n) is 4.21. The molecule has 0 spiro atoms. The molecule has 3 N–H and O–H groups in total. The second kappa shape index (κ2) is 7.33. The number of rotatable bonds is 6. The highest BCUT2D eigenvalue weighted by atomic mass is 32.2. The van der Waals surface area contributed by atoms with Crippen molar-refractivity contribution >= 4 is 23.4 Å². The van der Waals surface area contributed by atoms with E-state index in [0.29, 0.717) is 6.07 Å². The number of halogens is 2. The van der Waals surface area contributed by atoms with Gasteiger partial charge in [0.2, 0.25) is 0 Å². The number of nitrogens with one attached hydrogen (secondary N) is 1. The first kappa shape index (κ1) is 15.8. The first-order valence-corrected chi connectivity index (χ1v) is 7.24. The zero-order valence-electron chi connectivity index (χ0n) is 11.0. The van der Waals surface area contributed by atoms with Crippen LogP contribution >= 0.6 is 11.8 Å². The van der Waals surface area contributed by atoms with Crippen molar-refractivity contribution in [2.24, 2.45) is 0 Å². The fourth-order valence-electron chi connectivity index (χ4n) is 1.52. The number of amides is 1. The molecular weight excluding hydrogens is 270 g/mol. The maximum atomic E-state index is 13.5. The molecule has 0 aliphatic rings. The van der Waals surface area contributed by atoms with Crippen molar-refractivity contribution < 1.29 is 13.6 Å². The minimum absolute atomic E-state index is 0.0720. The van der Waals surface area contributed by atoms with Crippen LogP contribution in [0.1, 0.15) is 30.6 Å². The molecule has 1 rings (SSSR count). The Kier molecular flexibility index (Phi) is 6.08. The lowest BCUT2D eigenvalue weighted by atomic mass is 10.1. The van der Waals surface area contributed by atoms with Crippen molar-refractivity contribution in [3.05, 3.63) is 29.3 Å². The van der Waals surface area contributed by atoms with Gasteiger partial charge in [-0.3, -0.25) is 4.79 Å². The Bertz CT molecular complexity index is 455. The van der Waals surface area contributed by atoms with Gasteiger partial charge in [0.05, 0.1) is 11.3 Å². The Hall–Kier alpha value is -1.30. The van der Waals surface area contributed by atoms with Gasteiger partial charge in [0, 0.05) is 12.1 Å². The van der Waals surface area contributed by atoms with Crippen LogP contribution in [0.4, 0.5) is 14.5 Å². The maximum absolute atomic E-state index is 13.5. The Morgan fingerprint density at radius 1 is 1.42 bits per heavy atom. The highest BCUT2D eigenvalue weighted by Gasteiger charge is 2.16. The Morgan fingerprint density at radius 3 is 2.74 bits per heavy atom. The molecule has 106 valence electrons. The highest BCUT2D eigenvalue weighted by Crippen LogP contribution is 2.17. The maximum Gasteiger partial charge on any atom is 0.254 e. The molecule has 0 heterocycles. The lowest BCUT2D eigenvalue weighted by Gasteiger charge is -2.14. The standard InChI is InChI=1S/C13H18F2N2OS/c1-3-19-5-4-8(2)17-13(18)9-6-12(16)11(15)7-10(9)14/h6-8H,3-5,16H2,1-2H3,(H,17,18). The van der Waals surface area contributed by atoms with Crippen molar-refractivity contribution in [1.29, 1.82) is 0 Å². The van der Waals surface area contributed by atoms with Crippen molar-refractivity contribution in [2.75, 3.05) is 17.2 Å². The molecule has 0 fully saturated rings. The summed E-state index contributed by atoms with van der Waals surface area (Å²) >= 11 is 1.77. The average molecular weight is 288 g/mol. The van der Waals surface area contributed by atoms with Gasteiger partial charge in [-0.2, -0.15) is 11.8 Å². The highest BCUT2D eigenvalue weighted by molar-refractivity contribution is 7.99. The van der Waals surface area contributed by atoms with E-state index in [0.717, 1.165) is 24.0 Å². The summed E-state index contributed by atoms with van der Waals surface area (Å²) in [7, 11) is 0. The summed E-state index contributed by atoms with van der Waals surface area (Å²) in [6.07, 6.45) is 0.794. The molecule has 0 aliphatic carbocycles. The van der Waals surface area contributed by atoms with E-state index in [1.165, 1.54) is 0 Å². The smallest absolute Gasteiger partial charge is 0.254 e. The summed E-state index contributed by atoms with van der Waals surface area (Å²) < 4.78 is 26.5. The third kappa shape index (κ3) is 4.70. The van der Waals surface area contributed by atoms with Crippen LogP contribution < -0.4 is 11.1 Å². The Balaban J connectivity index is 2.65. The van der Waals surface area contributed by atoms with Crippen molar-refractivity contribution in [3.8, 4) is 0 Å². The first-order chi connectivity index (χ1) is 8.95. The van der Waals surface area contributed by atoms with Crippen LogP contribution in [0.2, 0.25) is 0 Å². The molecule has 1 aromatic rings. The lowest BCUT2D eigenvalue weighted by molar-refractivity contribution is 0.0935. The van der Waals surface area contributed by atoms with E-state index in [1.807, 2.05) is 6.92 Å². The van der Waals surface area contributed by atoms with E-state index in [4.69, 9.17) is 5.73 Å². The van der Waals surface area contributed by atoms with Crippen molar-refractivity contribution in [2.45, 2.75) is 26.3 Å². The van der Waals surface area contributed by atoms with Gasteiger partial charge in [-0.1, -0.05) is 6.92 Å². The minimum Gasteiger partial charge on any atom is -0.396 e. The zero-order chi connectivity index (χ0) is 14.4. The number of thioether (sulfide) groups is 1. The van der Waals surface area contributed by atoms with Crippen LogP contribution in [-0.2, 0) is 0 Å². The Morgan fingerprint density at radius 2 is 2.11 bits per heavy atom. The number of hydrogen-bond donors (Lipinski definition) is 2. The van der Waals surface area contributed by atoms with Gasteiger partial charge in [-0.15, -0.1) is 0 Å². The average Bonchev–Trinajstić information content (AvgIpc) is 2.34. The van der Waals surface area contributed by atoms with E-state index in [1.54, 1.807) is 11.8 Å². The van der Waals surface area contributed by atoms with Gasteiger partial charge in [0.25, 0.3) is 5.91 Å². The SMILES string of the molecule is CCSCCC(C)NC(=O)c1cc(N)c(F)cc1F. The normalized spacial score (nSPS) is 12.2. The van der Waals surface area contributed by atoms with Crippen LogP contribution in [-0.4, -0.2) is 23.5 Å². The van der Waals surface area contributed by atoms with E-state index in [9.17, 15) is 13.6 Å². The first-order valence-electron chi connectivity index (χ1n) is 6.08. The molecule has 1 atom stereocenters. The summed E-state index contributed by atoms with van der Waals surface area (Å²) in [5, 5.41) is 2.67. The Labute approximate surface area is 115 Å². The third-order valence-electron chi connectivity index (χ3n) is 2.61. The van der Waals surface area contributed by atoms with E-state index < -0.39 is 17.5 Å². The number of carbonyl (C=O) groups excluding carboxylic acids is 1. The van der Waals surface area contributed by atoms with E-state index in [-0.39, 0.29) is 17.3 Å². The fourth-order valence-corrected chi connectivity index (χ4v) is 2.33. The topological polar surface area (TPSA) is 55.1 Å². The van der Waals surface area contributed by atoms with Gasteiger partial charge in [0.1, 0.15) is 11.6 Å². The molecule has 1 aromatic carbocycles. The van der Waals surface area contributed by atoms with E-state index >= 15 is 0 Å². The molecule has 0 saturated carbocycles. The quantitative estimate of drug-likeness (QED) is 0.625. The van der Waals surface area contributed by atoms with Crippen LogP contribution in [0.3, 0.4) is 0 Å². The molecule has 1 amide bonds. The summed E-state index contributed by atoms with van der Waals surface area (Å²) in [5.41, 5.74) is 4.87. The van der Waals surface area contributed by atoms with Crippen LogP contribution in [0, 0.1) is 11.6 Å². The molecule has 0 radical (unpaired) electrons. The van der Waals surface area contributed by atoms with Gasteiger partial charge >= 0.3 is 0 Å². The monoisotopic (exact) mass is 288 g/mol. The summed E-state index contributed by atoms with van der Waals surface area (Å²) in [6, 6.07) is 1.58. The molecule has 0 saturated heterocycles. The molecule has 6 heteroatoms. The summed E-state index contributed by atoms with van der Waals surface area (Å²) in [4.78, 5) is 11.8. The fraction of sp³-hybridized carbons (Fsp3) is 0.462. The number of hydrogen-bond acceptors (Lipinski definition) is 3. The zero-order valence-corrected chi connectivity index (χ0v) is 11.8. The summed E-state index contributed by atoms with van der Waals surface area (Å²) in [6.45, 7) is 3.91. The molecule has 1 unspecified atom stereocenters. The van der Waals surface area contributed by atoms with Gasteiger partial charge in [0.15, 0.2) is 0 Å². The number of anilines is 1. The lowest BCUT2D eigenvalue weighted by Crippen LogP contribution is -2.33. The third-order valence-corrected chi connectivity index (χ3v) is 3.54. The number of nitrogen functional groups attached to an aromatic ring is 1. The van der Waals surface area contributed by atoms with E-state index in [2.05, 4.69) is 12.2 Å².